The number of aromatic nitrogens is 6. The molecule has 3 amide bonds. The second-order valence-electron chi connectivity index (χ2n) is 13.6. The molecular formula is C35H40BrN9O5. The van der Waals surface area contributed by atoms with Gasteiger partial charge in [0.1, 0.15) is 34.5 Å². The summed E-state index contributed by atoms with van der Waals surface area (Å²) in [7, 11) is 0. The van der Waals surface area contributed by atoms with E-state index >= 15 is 0 Å². The van der Waals surface area contributed by atoms with Crippen molar-refractivity contribution < 1.29 is 23.9 Å². The van der Waals surface area contributed by atoms with Gasteiger partial charge in [-0.2, -0.15) is 5.10 Å². The van der Waals surface area contributed by atoms with E-state index in [2.05, 4.69) is 51.6 Å². The fraction of sp³-hybridized carbons (Fsp3) is 0.457. The molecule has 2 atom stereocenters. The number of carbonyl (C=O) groups excluding carboxylic acids is 4. The van der Waals surface area contributed by atoms with Gasteiger partial charge in [0, 0.05) is 60.9 Å². The number of ketones is 1. The fourth-order valence-corrected chi connectivity index (χ4v) is 6.69. The predicted octanol–water partition coefficient (Wildman–Crippen LogP) is 4.26. The van der Waals surface area contributed by atoms with Crippen LogP contribution in [0.2, 0.25) is 0 Å². The van der Waals surface area contributed by atoms with Crippen LogP contribution in [0.1, 0.15) is 68.3 Å². The van der Waals surface area contributed by atoms with Crippen molar-refractivity contribution in [2.45, 2.75) is 72.6 Å². The van der Waals surface area contributed by atoms with Gasteiger partial charge in [0.15, 0.2) is 5.78 Å². The fourth-order valence-electron chi connectivity index (χ4n) is 6.38. The van der Waals surface area contributed by atoms with Gasteiger partial charge in [0.05, 0.1) is 24.0 Å². The number of hydrogen-bond acceptors (Lipinski definition) is 10. The first-order valence-corrected chi connectivity index (χ1v) is 17.5. The van der Waals surface area contributed by atoms with Gasteiger partial charge in [-0.3, -0.25) is 28.8 Å². The smallest absolute Gasteiger partial charge is 0.248 e. The Morgan fingerprint density at radius 1 is 1.10 bits per heavy atom. The Balaban J connectivity index is 1.29. The third-order valence-electron chi connectivity index (χ3n) is 9.29. The number of rotatable bonds is 4. The lowest BCUT2D eigenvalue weighted by atomic mass is 9.86. The molecule has 0 spiro atoms. The number of nitrogens with zero attached hydrogens (tertiary/aromatic N) is 7. The second-order valence-corrected chi connectivity index (χ2v) is 14.4. The Morgan fingerprint density at radius 2 is 1.88 bits per heavy atom. The molecular weight excluding hydrogens is 706 g/mol. The number of nitrogens with one attached hydrogen (secondary N) is 2. The maximum Gasteiger partial charge on any atom is 0.248 e. The van der Waals surface area contributed by atoms with Gasteiger partial charge in [-0.15, -0.1) is 0 Å². The summed E-state index contributed by atoms with van der Waals surface area (Å²) >= 11 is 3.40. The highest BCUT2D eigenvalue weighted by Crippen LogP contribution is 2.30. The minimum Gasteiger partial charge on any atom is -0.377 e. The molecule has 6 rings (SSSR count). The van der Waals surface area contributed by atoms with E-state index in [0.29, 0.717) is 70.0 Å². The number of carbonyl (C=O) groups is 4. The normalized spacial score (nSPS) is 20.1. The number of Topliss-reactive ketones (excluding diaryl/α,β-unsaturated/α-hetero) is 1. The summed E-state index contributed by atoms with van der Waals surface area (Å²) in [6, 6.07) is 4.52. The number of aryl methyl sites for hydroxylation is 1. The Labute approximate surface area is 297 Å². The van der Waals surface area contributed by atoms with Crippen molar-refractivity contribution in [2.75, 3.05) is 25.0 Å². The first-order chi connectivity index (χ1) is 23.9. The van der Waals surface area contributed by atoms with Gasteiger partial charge in [-0.1, -0.05) is 26.3 Å². The quantitative estimate of drug-likeness (QED) is 0.227. The summed E-state index contributed by atoms with van der Waals surface area (Å²) in [5.74, 6) is -0.304. The van der Waals surface area contributed by atoms with E-state index in [1.54, 1.807) is 37.6 Å². The monoisotopic (exact) mass is 745 g/mol. The molecule has 15 heteroatoms. The molecule has 262 valence electrons. The molecule has 2 N–H and O–H groups in total. The van der Waals surface area contributed by atoms with Crippen LogP contribution >= 0.6 is 15.9 Å². The van der Waals surface area contributed by atoms with Gasteiger partial charge in [0.25, 0.3) is 0 Å². The van der Waals surface area contributed by atoms with E-state index in [1.807, 2.05) is 19.9 Å². The van der Waals surface area contributed by atoms with Crippen LogP contribution in [0.3, 0.4) is 0 Å². The minimum atomic E-state index is -0.844. The highest BCUT2D eigenvalue weighted by molar-refractivity contribution is 9.10. The molecule has 4 aromatic rings. The Hall–Kier alpha value is -4.63. The molecule has 2 aliphatic heterocycles. The van der Waals surface area contributed by atoms with Crippen LogP contribution in [0.25, 0.3) is 22.2 Å². The van der Waals surface area contributed by atoms with E-state index in [9.17, 15) is 19.2 Å². The van der Waals surface area contributed by atoms with Gasteiger partial charge < -0.3 is 20.3 Å². The summed E-state index contributed by atoms with van der Waals surface area (Å²) in [6.07, 6.45) is 7.53. The Kier molecular flexibility index (Phi) is 10.3. The average Bonchev–Trinajstić information content (AvgIpc) is 3.68. The van der Waals surface area contributed by atoms with Crippen molar-refractivity contribution >= 4 is 56.2 Å². The molecule has 14 nitrogen and oxygen atoms in total. The molecule has 0 radical (unpaired) electrons. The third-order valence-corrected chi connectivity index (χ3v) is 9.73. The summed E-state index contributed by atoms with van der Waals surface area (Å²) in [4.78, 5) is 73.0. The first-order valence-electron chi connectivity index (χ1n) is 16.7. The van der Waals surface area contributed by atoms with E-state index < -0.39 is 17.4 Å². The predicted molar refractivity (Wildman–Crippen MR) is 188 cm³/mol. The van der Waals surface area contributed by atoms with Crippen molar-refractivity contribution in [1.82, 2.24) is 39.9 Å². The molecule has 0 aliphatic carbocycles. The Bertz CT molecular complexity index is 1940. The van der Waals surface area contributed by atoms with Crippen LogP contribution < -0.4 is 10.6 Å². The first kappa shape index (κ1) is 35.2. The lowest BCUT2D eigenvalue weighted by Crippen LogP contribution is -2.45. The van der Waals surface area contributed by atoms with E-state index in [1.165, 1.54) is 16.5 Å². The number of halogens is 1. The number of hydrogen-bond donors (Lipinski definition) is 2. The summed E-state index contributed by atoms with van der Waals surface area (Å²) in [6.45, 7) is 8.12. The lowest BCUT2D eigenvalue weighted by Gasteiger charge is -2.25. The van der Waals surface area contributed by atoms with Gasteiger partial charge in [-0.05, 0) is 60.2 Å². The maximum atomic E-state index is 14.1. The molecule has 2 aliphatic rings. The second kappa shape index (κ2) is 14.7. The van der Waals surface area contributed by atoms with E-state index in [0.717, 1.165) is 12.8 Å². The summed E-state index contributed by atoms with van der Waals surface area (Å²) in [5, 5.41) is 11.1. The number of amides is 3. The molecule has 1 fully saturated rings. The Morgan fingerprint density at radius 3 is 2.64 bits per heavy atom. The van der Waals surface area contributed by atoms with Crippen LogP contribution in [-0.4, -0.2) is 83.9 Å². The molecule has 6 heterocycles. The van der Waals surface area contributed by atoms with E-state index in [-0.39, 0.29) is 48.9 Å². The van der Waals surface area contributed by atoms with Crippen LogP contribution in [-0.2, 0) is 32.3 Å². The third kappa shape index (κ3) is 7.73. The average molecular weight is 747 g/mol. The molecule has 1 saturated heterocycles. The SMILES string of the molecule is CC(=O)c1nn(CC(=O)N2C[C@H]3CNC(=O)C(C)(C)CCCCOCc4ccc(Br)nc4NC(=O)[C@@H]2C3)c2cnc(-c3cnc(C)nc3)cc12. The van der Waals surface area contributed by atoms with Crippen molar-refractivity contribution in [1.29, 1.82) is 0 Å². The topological polar surface area (TPSA) is 174 Å². The standard InChI is InChI=1S/C35H40BrN9O5/c1-20(46)31-25-12-26(24-14-37-21(2)38-15-24)39-16-28(25)45(43-31)18-30(47)44-17-22-11-27(44)33(48)42-32-23(7-8-29(36)41-32)19-50-10-6-5-9-35(3,4)34(49)40-13-22/h7-8,12,14-16,22,27H,5-6,9-11,13,17-19H2,1-4H3,(H,40,49)(H,41,42,48)/t22-,27+/m1/s1. The molecule has 0 aromatic carbocycles. The van der Waals surface area contributed by atoms with Crippen LogP contribution in [0.15, 0.2) is 41.4 Å². The van der Waals surface area contributed by atoms with E-state index in [4.69, 9.17) is 4.74 Å². The van der Waals surface area contributed by atoms with Gasteiger partial charge in [-0.25, -0.2) is 15.0 Å². The number of anilines is 1. The molecule has 2 bridgehead atoms. The number of ether oxygens (including phenoxy) is 1. The van der Waals surface area contributed by atoms with Crippen molar-refractivity contribution in [3.63, 3.8) is 0 Å². The molecule has 50 heavy (non-hydrogen) atoms. The zero-order chi connectivity index (χ0) is 35.6. The highest BCUT2D eigenvalue weighted by atomic mass is 79.9. The highest BCUT2D eigenvalue weighted by Gasteiger charge is 2.41. The zero-order valence-electron chi connectivity index (χ0n) is 28.5. The summed E-state index contributed by atoms with van der Waals surface area (Å²) in [5.41, 5.74) is 2.06. The van der Waals surface area contributed by atoms with Crippen molar-refractivity contribution in [3.8, 4) is 11.3 Å². The number of fused-ring (bicyclic) bond motifs is 4. The minimum absolute atomic E-state index is 0.0705. The zero-order valence-corrected chi connectivity index (χ0v) is 30.1. The number of likely N-dealkylation sites (tertiary alicyclic amines) is 1. The van der Waals surface area contributed by atoms with Crippen LogP contribution in [0.4, 0.5) is 5.82 Å². The molecule has 4 aromatic heterocycles. The largest absolute Gasteiger partial charge is 0.377 e. The van der Waals surface area contributed by atoms with Crippen molar-refractivity contribution in [3.05, 3.63) is 58.5 Å². The van der Waals surface area contributed by atoms with Crippen LogP contribution in [0.5, 0.6) is 0 Å². The maximum absolute atomic E-state index is 14.1. The number of pyridine rings is 2. The lowest BCUT2D eigenvalue weighted by molar-refractivity contribution is -0.137. The van der Waals surface area contributed by atoms with Gasteiger partial charge >= 0.3 is 0 Å². The van der Waals surface area contributed by atoms with Crippen molar-refractivity contribution in [2.24, 2.45) is 11.3 Å². The van der Waals surface area contributed by atoms with Crippen LogP contribution in [0, 0.1) is 18.3 Å². The molecule has 0 unspecified atom stereocenters. The molecule has 0 saturated carbocycles. The van der Waals surface area contributed by atoms with Gasteiger partial charge in [0.2, 0.25) is 17.7 Å². The summed E-state index contributed by atoms with van der Waals surface area (Å²) < 4.78 is 7.91.